The highest BCUT2D eigenvalue weighted by molar-refractivity contribution is 6.30. The molecule has 0 aromatic heterocycles. The van der Waals surface area contributed by atoms with Gasteiger partial charge in [-0.05, 0) is 24.6 Å². The molecule has 2 saturated heterocycles. The van der Waals surface area contributed by atoms with Gasteiger partial charge in [0.15, 0.2) is 0 Å². The molecule has 1 aromatic rings. The molecule has 2 fully saturated rings. The zero-order valence-electron chi connectivity index (χ0n) is 15.6. The topological polar surface area (TPSA) is 70.1 Å². The standard InChI is InChI=1S/C17H21ClN2O2.C2HF3O2/c1-2-8-22-16-10-15-11-20(7-6-19(15)12-16)17(21)13-4-3-5-14(18)9-13;3-2(4,5)1(6)7/h2-5,9,15-16H,1,6-8,10-12H2;(H,6,7)/t15-,16+;/m0./s1. The van der Waals surface area contributed by atoms with Gasteiger partial charge < -0.3 is 14.7 Å². The Kier molecular flexibility index (Phi) is 8.06. The fourth-order valence-corrected chi connectivity index (χ4v) is 3.50. The summed E-state index contributed by atoms with van der Waals surface area (Å²) in [5.74, 6) is -2.69. The Morgan fingerprint density at radius 2 is 2.00 bits per heavy atom. The number of amides is 1. The smallest absolute Gasteiger partial charge is 0.475 e. The molecule has 160 valence electrons. The molecule has 10 heteroatoms. The van der Waals surface area contributed by atoms with E-state index in [1.165, 1.54) is 0 Å². The highest BCUT2D eigenvalue weighted by Crippen LogP contribution is 2.25. The molecule has 0 aliphatic carbocycles. The molecule has 6 nitrogen and oxygen atoms in total. The van der Waals surface area contributed by atoms with E-state index in [4.69, 9.17) is 26.2 Å². The number of aliphatic carboxylic acids is 1. The third kappa shape index (κ3) is 6.73. The molecule has 2 aliphatic rings. The number of alkyl halides is 3. The van der Waals surface area contributed by atoms with E-state index in [2.05, 4.69) is 11.5 Å². The zero-order chi connectivity index (χ0) is 21.6. The normalized spacial score (nSPS) is 21.7. The van der Waals surface area contributed by atoms with Gasteiger partial charge in [-0.2, -0.15) is 13.2 Å². The summed E-state index contributed by atoms with van der Waals surface area (Å²) in [5.41, 5.74) is 0.665. The summed E-state index contributed by atoms with van der Waals surface area (Å²) in [7, 11) is 0. The predicted octanol–water partition coefficient (Wildman–Crippen LogP) is 3.07. The second-order valence-electron chi connectivity index (χ2n) is 6.69. The number of carboxylic acids is 1. The molecule has 1 amide bonds. The second-order valence-corrected chi connectivity index (χ2v) is 7.13. The number of piperazine rings is 1. The van der Waals surface area contributed by atoms with Gasteiger partial charge in [0.2, 0.25) is 0 Å². The highest BCUT2D eigenvalue weighted by atomic mass is 35.5. The Labute approximate surface area is 171 Å². The summed E-state index contributed by atoms with van der Waals surface area (Å²) in [4.78, 5) is 25.9. The van der Waals surface area contributed by atoms with Crippen LogP contribution in [0.5, 0.6) is 0 Å². The van der Waals surface area contributed by atoms with Gasteiger partial charge in [0.1, 0.15) is 0 Å². The van der Waals surface area contributed by atoms with Crippen LogP contribution < -0.4 is 0 Å². The molecule has 2 aliphatic heterocycles. The van der Waals surface area contributed by atoms with Crippen molar-refractivity contribution in [3.63, 3.8) is 0 Å². The van der Waals surface area contributed by atoms with Gasteiger partial charge in [-0.15, -0.1) is 6.58 Å². The summed E-state index contributed by atoms with van der Waals surface area (Å²) in [6.45, 7) is 7.67. The summed E-state index contributed by atoms with van der Waals surface area (Å²) in [6, 6.07) is 7.56. The number of hydrogen-bond donors (Lipinski definition) is 1. The summed E-state index contributed by atoms with van der Waals surface area (Å²) >= 11 is 5.98. The number of carbonyl (C=O) groups excluding carboxylic acids is 1. The summed E-state index contributed by atoms with van der Waals surface area (Å²) in [5, 5.41) is 7.73. The lowest BCUT2D eigenvalue weighted by atomic mass is 10.1. The van der Waals surface area contributed by atoms with E-state index in [9.17, 15) is 18.0 Å². The first-order valence-electron chi connectivity index (χ1n) is 8.93. The van der Waals surface area contributed by atoms with E-state index in [1.807, 2.05) is 17.0 Å². The molecular weight excluding hydrogens is 413 g/mol. The number of fused-ring (bicyclic) bond motifs is 1. The summed E-state index contributed by atoms with van der Waals surface area (Å²) in [6.07, 6.45) is -2.07. The fraction of sp³-hybridized carbons (Fsp3) is 0.474. The van der Waals surface area contributed by atoms with Crippen LogP contribution in [0.25, 0.3) is 0 Å². The molecule has 1 aromatic carbocycles. The van der Waals surface area contributed by atoms with Gasteiger partial charge in [0.05, 0.1) is 12.7 Å². The van der Waals surface area contributed by atoms with E-state index >= 15 is 0 Å². The number of halogens is 4. The van der Waals surface area contributed by atoms with Crippen molar-refractivity contribution in [2.45, 2.75) is 24.7 Å². The lowest BCUT2D eigenvalue weighted by molar-refractivity contribution is -0.192. The predicted molar refractivity (Wildman–Crippen MR) is 101 cm³/mol. The molecule has 0 saturated carbocycles. The SMILES string of the molecule is C=CCO[C@@H]1C[C@H]2CN(C(=O)c3cccc(Cl)c3)CCN2C1.O=C(O)C(F)(F)F. The zero-order valence-corrected chi connectivity index (χ0v) is 16.3. The number of carboxylic acid groups (broad SMARTS) is 1. The molecule has 29 heavy (non-hydrogen) atoms. The number of benzene rings is 1. The van der Waals surface area contributed by atoms with Gasteiger partial charge in [-0.25, -0.2) is 4.79 Å². The first-order valence-corrected chi connectivity index (χ1v) is 9.31. The fourth-order valence-electron chi connectivity index (χ4n) is 3.31. The molecule has 0 radical (unpaired) electrons. The van der Waals surface area contributed by atoms with Crippen LogP contribution in [0.2, 0.25) is 5.02 Å². The van der Waals surface area contributed by atoms with Crippen molar-refractivity contribution in [3.8, 4) is 0 Å². The molecular formula is C19H22ClF3N2O4. The van der Waals surface area contributed by atoms with Crippen molar-refractivity contribution in [2.24, 2.45) is 0 Å². The van der Waals surface area contributed by atoms with Crippen LogP contribution in [0.1, 0.15) is 16.8 Å². The Hall–Kier alpha value is -2.10. The lowest BCUT2D eigenvalue weighted by Crippen LogP contribution is -2.52. The molecule has 2 atom stereocenters. The van der Waals surface area contributed by atoms with Crippen molar-refractivity contribution >= 4 is 23.5 Å². The van der Waals surface area contributed by atoms with Crippen LogP contribution in [0.4, 0.5) is 13.2 Å². The number of hydrogen-bond acceptors (Lipinski definition) is 4. The number of nitrogens with zero attached hydrogens (tertiary/aromatic N) is 2. The molecule has 3 rings (SSSR count). The maximum Gasteiger partial charge on any atom is 0.490 e. The maximum atomic E-state index is 12.6. The van der Waals surface area contributed by atoms with Gasteiger partial charge in [0, 0.05) is 42.8 Å². The van der Waals surface area contributed by atoms with Gasteiger partial charge in [-0.1, -0.05) is 23.7 Å². The minimum absolute atomic E-state index is 0.0672. The van der Waals surface area contributed by atoms with E-state index < -0.39 is 12.1 Å². The Morgan fingerprint density at radius 3 is 2.59 bits per heavy atom. The van der Waals surface area contributed by atoms with Crippen LogP contribution in [0.3, 0.4) is 0 Å². The number of rotatable bonds is 4. The van der Waals surface area contributed by atoms with E-state index in [-0.39, 0.29) is 12.0 Å². The number of carbonyl (C=O) groups is 2. The van der Waals surface area contributed by atoms with Crippen molar-refractivity contribution in [3.05, 3.63) is 47.5 Å². The van der Waals surface area contributed by atoms with Gasteiger partial charge in [0.25, 0.3) is 5.91 Å². The highest BCUT2D eigenvalue weighted by Gasteiger charge is 2.38. The molecule has 0 unspecified atom stereocenters. The average molecular weight is 435 g/mol. The Balaban J connectivity index is 0.000000370. The van der Waals surface area contributed by atoms with Crippen molar-refractivity contribution < 1.29 is 32.6 Å². The van der Waals surface area contributed by atoms with Crippen LogP contribution in [0.15, 0.2) is 36.9 Å². The molecule has 1 N–H and O–H groups in total. The monoisotopic (exact) mass is 434 g/mol. The van der Waals surface area contributed by atoms with Crippen molar-refractivity contribution in [2.75, 3.05) is 32.8 Å². The van der Waals surface area contributed by atoms with Crippen molar-refractivity contribution in [1.29, 1.82) is 0 Å². The minimum Gasteiger partial charge on any atom is -0.475 e. The largest absolute Gasteiger partial charge is 0.490 e. The van der Waals surface area contributed by atoms with E-state index in [0.717, 1.165) is 32.6 Å². The third-order valence-electron chi connectivity index (χ3n) is 4.63. The Bertz CT molecular complexity index is 744. The van der Waals surface area contributed by atoms with Gasteiger partial charge >= 0.3 is 12.1 Å². The molecule has 2 heterocycles. The first-order chi connectivity index (χ1) is 13.6. The van der Waals surface area contributed by atoms with E-state index in [1.54, 1.807) is 18.2 Å². The molecule has 0 spiro atoms. The lowest BCUT2D eigenvalue weighted by Gasteiger charge is -2.37. The third-order valence-corrected chi connectivity index (χ3v) is 4.86. The number of ether oxygens (including phenoxy) is 1. The van der Waals surface area contributed by atoms with Gasteiger partial charge in [-0.3, -0.25) is 9.69 Å². The van der Waals surface area contributed by atoms with Crippen LogP contribution in [-0.2, 0) is 9.53 Å². The maximum absolute atomic E-state index is 12.6. The van der Waals surface area contributed by atoms with Crippen LogP contribution in [0, 0.1) is 0 Å². The quantitative estimate of drug-likeness (QED) is 0.737. The van der Waals surface area contributed by atoms with Crippen molar-refractivity contribution in [1.82, 2.24) is 9.80 Å². The Morgan fingerprint density at radius 1 is 1.31 bits per heavy atom. The summed E-state index contributed by atoms with van der Waals surface area (Å²) < 4.78 is 37.5. The minimum atomic E-state index is -5.08. The van der Waals surface area contributed by atoms with Crippen LogP contribution >= 0.6 is 11.6 Å². The first kappa shape index (κ1) is 23.2. The second kappa shape index (κ2) is 10.1. The molecule has 0 bridgehead atoms. The van der Waals surface area contributed by atoms with Crippen LogP contribution in [-0.4, -0.2) is 77.9 Å². The average Bonchev–Trinajstić information content (AvgIpc) is 3.07. The van der Waals surface area contributed by atoms with E-state index in [0.29, 0.717) is 23.2 Å².